The fourth-order valence-electron chi connectivity index (χ4n) is 2.90. The fourth-order valence-corrected chi connectivity index (χ4v) is 2.90. The SMILES string of the molecule is Cc1cc(C)c(C(F)(F)F)cc1-c1cc(C(F)(F)F)c(C)cc1C. The Morgan fingerprint density at radius 3 is 1.04 bits per heavy atom. The van der Waals surface area contributed by atoms with Gasteiger partial charge in [0.1, 0.15) is 0 Å². The standard InChI is InChI=1S/C18H16F6/c1-9-5-11(3)15(17(19,20)21)7-13(9)14-8-16(18(22,23)24)12(4)6-10(14)2/h5-8H,1-4H3. The van der Waals surface area contributed by atoms with E-state index < -0.39 is 23.5 Å². The average Bonchev–Trinajstić information content (AvgIpc) is 2.36. The van der Waals surface area contributed by atoms with Crippen LogP contribution in [0.4, 0.5) is 26.3 Å². The van der Waals surface area contributed by atoms with Crippen molar-refractivity contribution >= 4 is 0 Å². The maximum Gasteiger partial charge on any atom is 0.416 e. The molecule has 0 saturated carbocycles. The van der Waals surface area contributed by atoms with Gasteiger partial charge in [0.2, 0.25) is 0 Å². The first-order chi connectivity index (χ1) is 10.8. The van der Waals surface area contributed by atoms with E-state index in [1.807, 2.05) is 0 Å². The summed E-state index contributed by atoms with van der Waals surface area (Å²) in [7, 11) is 0. The van der Waals surface area contributed by atoms with Crippen LogP contribution in [0.25, 0.3) is 11.1 Å². The molecule has 0 spiro atoms. The van der Waals surface area contributed by atoms with Gasteiger partial charge in [-0.1, -0.05) is 12.1 Å². The lowest BCUT2D eigenvalue weighted by atomic mass is 9.89. The Morgan fingerprint density at radius 1 is 0.500 bits per heavy atom. The van der Waals surface area contributed by atoms with E-state index >= 15 is 0 Å². The summed E-state index contributed by atoms with van der Waals surface area (Å²) in [6.45, 7) is 5.86. The molecule has 0 radical (unpaired) electrons. The van der Waals surface area contributed by atoms with Gasteiger partial charge < -0.3 is 0 Å². The maximum atomic E-state index is 13.1. The molecule has 0 aliphatic heterocycles. The predicted octanol–water partition coefficient (Wildman–Crippen LogP) is 6.62. The molecule has 0 atom stereocenters. The number of hydrogen-bond acceptors (Lipinski definition) is 0. The predicted molar refractivity (Wildman–Crippen MR) is 80.8 cm³/mol. The minimum atomic E-state index is -4.56. The zero-order valence-corrected chi connectivity index (χ0v) is 13.6. The summed E-state index contributed by atoms with van der Waals surface area (Å²) in [6, 6.07) is 4.57. The van der Waals surface area contributed by atoms with Crippen LogP contribution in [0.3, 0.4) is 0 Å². The van der Waals surface area contributed by atoms with E-state index in [2.05, 4.69) is 0 Å². The van der Waals surface area contributed by atoms with Crippen LogP contribution >= 0.6 is 0 Å². The summed E-state index contributed by atoms with van der Waals surface area (Å²) in [5.41, 5.74) is -0.254. The summed E-state index contributed by atoms with van der Waals surface area (Å²) in [6.07, 6.45) is -9.12. The molecular weight excluding hydrogens is 330 g/mol. The first-order valence-corrected chi connectivity index (χ1v) is 7.19. The van der Waals surface area contributed by atoms with Gasteiger partial charge >= 0.3 is 12.4 Å². The molecule has 0 aromatic heterocycles. The molecule has 2 aromatic carbocycles. The van der Waals surface area contributed by atoms with Gasteiger partial charge in [-0.05, 0) is 73.2 Å². The van der Waals surface area contributed by atoms with E-state index in [4.69, 9.17) is 0 Å². The quantitative estimate of drug-likeness (QED) is 0.509. The molecule has 0 nitrogen and oxygen atoms in total. The average molecular weight is 346 g/mol. The van der Waals surface area contributed by atoms with Crippen LogP contribution in [0.15, 0.2) is 24.3 Å². The second kappa shape index (κ2) is 5.83. The summed E-state index contributed by atoms with van der Waals surface area (Å²) in [5.74, 6) is 0. The van der Waals surface area contributed by atoms with Gasteiger partial charge in [0.25, 0.3) is 0 Å². The molecular formula is C18H16F6. The highest BCUT2D eigenvalue weighted by atomic mass is 19.4. The molecule has 0 saturated heterocycles. The van der Waals surface area contributed by atoms with Gasteiger partial charge in [0.05, 0.1) is 11.1 Å². The Kier molecular flexibility index (Phi) is 4.46. The van der Waals surface area contributed by atoms with Gasteiger partial charge in [-0.25, -0.2) is 0 Å². The van der Waals surface area contributed by atoms with E-state index in [1.165, 1.54) is 26.0 Å². The van der Waals surface area contributed by atoms with Gasteiger partial charge in [0, 0.05) is 0 Å². The number of benzene rings is 2. The maximum absolute atomic E-state index is 13.1. The highest BCUT2D eigenvalue weighted by molar-refractivity contribution is 5.73. The molecule has 130 valence electrons. The van der Waals surface area contributed by atoms with Gasteiger partial charge in [0.15, 0.2) is 0 Å². The Hall–Kier alpha value is -1.98. The Labute approximate surface area is 136 Å². The Balaban J connectivity index is 2.77. The minimum absolute atomic E-state index is 0.0459. The van der Waals surface area contributed by atoms with E-state index in [-0.39, 0.29) is 22.3 Å². The number of hydrogen-bond donors (Lipinski definition) is 0. The highest BCUT2D eigenvalue weighted by Gasteiger charge is 2.35. The molecule has 0 aliphatic carbocycles. The second-order valence-corrected chi connectivity index (χ2v) is 5.96. The van der Waals surface area contributed by atoms with Crippen molar-refractivity contribution in [2.45, 2.75) is 40.0 Å². The molecule has 0 heterocycles. The van der Waals surface area contributed by atoms with Crippen molar-refractivity contribution in [2.24, 2.45) is 0 Å². The Morgan fingerprint density at radius 2 is 0.792 bits per heavy atom. The molecule has 0 aliphatic rings. The van der Waals surface area contributed by atoms with Gasteiger partial charge in [-0.15, -0.1) is 0 Å². The minimum Gasteiger partial charge on any atom is -0.166 e. The van der Waals surface area contributed by atoms with Crippen molar-refractivity contribution in [3.8, 4) is 11.1 Å². The molecule has 2 rings (SSSR count). The van der Waals surface area contributed by atoms with Crippen LogP contribution in [-0.4, -0.2) is 0 Å². The zero-order chi connectivity index (χ0) is 18.4. The van der Waals surface area contributed by atoms with E-state index in [0.29, 0.717) is 11.1 Å². The topological polar surface area (TPSA) is 0 Å². The molecule has 2 aromatic rings. The third-order valence-corrected chi connectivity index (χ3v) is 4.04. The van der Waals surface area contributed by atoms with Crippen molar-refractivity contribution < 1.29 is 26.3 Å². The van der Waals surface area contributed by atoms with Crippen molar-refractivity contribution in [3.63, 3.8) is 0 Å². The van der Waals surface area contributed by atoms with Crippen LogP contribution < -0.4 is 0 Å². The molecule has 0 N–H and O–H groups in total. The highest BCUT2D eigenvalue weighted by Crippen LogP contribution is 2.40. The monoisotopic (exact) mass is 346 g/mol. The van der Waals surface area contributed by atoms with Crippen LogP contribution in [0.2, 0.25) is 0 Å². The van der Waals surface area contributed by atoms with Crippen LogP contribution in [0, 0.1) is 27.7 Å². The molecule has 24 heavy (non-hydrogen) atoms. The van der Waals surface area contributed by atoms with Crippen molar-refractivity contribution in [1.29, 1.82) is 0 Å². The van der Waals surface area contributed by atoms with E-state index in [1.54, 1.807) is 13.8 Å². The lowest BCUT2D eigenvalue weighted by Gasteiger charge is -2.19. The van der Waals surface area contributed by atoms with Crippen molar-refractivity contribution in [1.82, 2.24) is 0 Å². The number of alkyl halides is 6. The normalized spacial score (nSPS) is 12.6. The zero-order valence-electron chi connectivity index (χ0n) is 13.6. The summed E-state index contributed by atoms with van der Waals surface area (Å²) in [4.78, 5) is 0. The van der Waals surface area contributed by atoms with Crippen LogP contribution in [0.5, 0.6) is 0 Å². The first-order valence-electron chi connectivity index (χ1n) is 7.19. The van der Waals surface area contributed by atoms with Gasteiger partial charge in [-0.3, -0.25) is 0 Å². The fraction of sp³-hybridized carbons (Fsp3) is 0.333. The molecule has 0 amide bonds. The largest absolute Gasteiger partial charge is 0.416 e. The Bertz CT molecular complexity index is 714. The smallest absolute Gasteiger partial charge is 0.166 e. The van der Waals surface area contributed by atoms with Crippen LogP contribution in [0.1, 0.15) is 33.4 Å². The third kappa shape index (κ3) is 3.42. The lowest BCUT2D eigenvalue weighted by Crippen LogP contribution is -2.10. The van der Waals surface area contributed by atoms with Crippen molar-refractivity contribution in [3.05, 3.63) is 57.6 Å². The third-order valence-electron chi connectivity index (χ3n) is 4.04. The molecule has 0 unspecified atom stereocenters. The van der Waals surface area contributed by atoms with E-state index in [0.717, 1.165) is 12.1 Å². The van der Waals surface area contributed by atoms with Crippen LogP contribution in [-0.2, 0) is 12.4 Å². The second-order valence-electron chi connectivity index (χ2n) is 5.96. The number of halogens is 6. The molecule has 0 fully saturated rings. The number of aryl methyl sites for hydroxylation is 4. The van der Waals surface area contributed by atoms with Gasteiger partial charge in [-0.2, -0.15) is 26.3 Å². The summed E-state index contributed by atoms with van der Waals surface area (Å²) >= 11 is 0. The lowest BCUT2D eigenvalue weighted by molar-refractivity contribution is -0.139. The molecule has 6 heteroatoms. The number of rotatable bonds is 1. The molecule has 0 bridgehead atoms. The van der Waals surface area contributed by atoms with E-state index in [9.17, 15) is 26.3 Å². The van der Waals surface area contributed by atoms with Crippen molar-refractivity contribution in [2.75, 3.05) is 0 Å². The summed E-state index contributed by atoms with van der Waals surface area (Å²) < 4.78 is 78.8. The first kappa shape index (κ1) is 18.4. The summed E-state index contributed by atoms with van der Waals surface area (Å²) in [5, 5.41) is 0.